The summed E-state index contributed by atoms with van der Waals surface area (Å²) in [7, 11) is 6.17. The lowest BCUT2D eigenvalue weighted by atomic mass is 9.89. The number of likely N-dealkylation sites (tertiary alicyclic amines) is 1. The summed E-state index contributed by atoms with van der Waals surface area (Å²) >= 11 is 0. The first-order chi connectivity index (χ1) is 35.5. The Labute approximate surface area is 446 Å². The molecule has 1 aromatic carbocycles. The first kappa shape index (κ1) is 66.5. The molecule has 0 radical (unpaired) electrons. The average Bonchev–Trinajstić information content (AvgIpc) is 3.87. The van der Waals surface area contributed by atoms with E-state index >= 15 is 0 Å². The van der Waals surface area contributed by atoms with Gasteiger partial charge in [-0.3, -0.25) is 28.8 Å². The van der Waals surface area contributed by atoms with E-state index in [4.69, 9.17) is 33.2 Å². The van der Waals surface area contributed by atoms with Gasteiger partial charge in [-0.15, -0.1) is 0 Å². The first-order valence-corrected chi connectivity index (χ1v) is 26.7. The Morgan fingerprint density at radius 2 is 1.29 bits per heavy atom. The van der Waals surface area contributed by atoms with Crippen LogP contribution in [0.3, 0.4) is 0 Å². The van der Waals surface area contributed by atoms with Crippen LogP contribution in [-0.4, -0.2) is 204 Å². The van der Waals surface area contributed by atoms with Crippen LogP contribution >= 0.6 is 0 Å². The van der Waals surface area contributed by atoms with Crippen molar-refractivity contribution in [2.75, 3.05) is 101 Å². The molecule has 0 saturated carbocycles. The van der Waals surface area contributed by atoms with Crippen molar-refractivity contribution >= 4 is 41.3 Å². The van der Waals surface area contributed by atoms with Gasteiger partial charge >= 0.3 is 5.97 Å². The van der Waals surface area contributed by atoms with E-state index in [0.29, 0.717) is 85.1 Å². The molecule has 20 nitrogen and oxygen atoms in total. The molecule has 20 heteroatoms. The number of likely N-dealkylation sites (N-methyl/N-ethyl adjacent to an activating group) is 2. The van der Waals surface area contributed by atoms with E-state index in [1.54, 1.807) is 61.9 Å². The van der Waals surface area contributed by atoms with Gasteiger partial charge in [0.15, 0.2) is 0 Å². The molecule has 1 aliphatic rings. The second kappa shape index (κ2) is 35.0. The third-order valence-electron chi connectivity index (χ3n) is 14.2. The summed E-state index contributed by atoms with van der Waals surface area (Å²) in [5.74, 6) is -4.23. The van der Waals surface area contributed by atoms with Gasteiger partial charge in [-0.2, -0.15) is 0 Å². The monoisotopic (exact) mass is 1060 g/mol. The zero-order valence-electron chi connectivity index (χ0n) is 47.4. The van der Waals surface area contributed by atoms with Crippen LogP contribution in [0.15, 0.2) is 30.3 Å². The second-order valence-electron chi connectivity index (χ2n) is 20.6. The number of ether oxygens (including phenoxy) is 7. The highest BCUT2D eigenvalue weighted by molar-refractivity contribution is 5.94. The van der Waals surface area contributed by atoms with Crippen LogP contribution in [-0.2, 0) is 73.1 Å². The normalized spacial score (nSPS) is 16.7. The Bertz CT molecular complexity index is 1890. The fourth-order valence-corrected chi connectivity index (χ4v) is 8.94. The van der Waals surface area contributed by atoms with Gasteiger partial charge in [0.25, 0.3) is 0 Å². The minimum Gasteiger partial charge on any atom is -0.480 e. The molecule has 2 rings (SSSR count). The third-order valence-corrected chi connectivity index (χ3v) is 14.2. The van der Waals surface area contributed by atoms with Crippen LogP contribution in [0.4, 0.5) is 0 Å². The number of carbonyl (C=O) groups excluding carboxylic acids is 6. The summed E-state index contributed by atoms with van der Waals surface area (Å²) < 4.78 is 39.5. The maximum Gasteiger partial charge on any atom is 0.326 e. The van der Waals surface area contributed by atoms with Crippen LogP contribution in [0.2, 0.25) is 0 Å². The summed E-state index contributed by atoms with van der Waals surface area (Å²) in [6.45, 7) is 20.1. The quantitative estimate of drug-likeness (QED) is 0.0785. The van der Waals surface area contributed by atoms with E-state index in [-0.39, 0.29) is 73.7 Å². The van der Waals surface area contributed by atoms with Crippen molar-refractivity contribution in [2.24, 2.45) is 23.7 Å². The number of ketones is 1. The Morgan fingerprint density at radius 3 is 1.77 bits per heavy atom. The predicted octanol–water partition coefficient (Wildman–Crippen LogP) is 4.18. The van der Waals surface area contributed by atoms with Crippen molar-refractivity contribution in [3.8, 4) is 0 Å². The van der Waals surface area contributed by atoms with Gasteiger partial charge in [-0.1, -0.05) is 85.2 Å². The summed E-state index contributed by atoms with van der Waals surface area (Å²) in [5.41, 5.74) is -0.583. The van der Waals surface area contributed by atoms with Crippen LogP contribution in [0.25, 0.3) is 0 Å². The van der Waals surface area contributed by atoms with Crippen molar-refractivity contribution in [2.45, 2.75) is 149 Å². The minimum atomic E-state index is -1.35. The predicted molar refractivity (Wildman–Crippen MR) is 283 cm³/mol. The molecule has 0 aromatic heterocycles. The number of aliphatic carboxylic acids is 1. The molecule has 428 valence electrons. The van der Waals surface area contributed by atoms with E-state index in [1.165, 1.54) is 26.2 Å². The van der Waals surface area contributed by atoms with Crippen LogP contribution < -0.4 is 10.6 Å². The Hall–Kier alpha value is -4.57. The Kier molecular flexibility index (Phi) is 31.0. The van der Waals surface area contributed by atoms with Gasteiger partial charge in [-0.05, 0) is 44.1 Å². The molecular weight excluding hydrogens is 971 g/mol. The zero-order valence-corrected chi connectivity index (χ0v) is 47.4. The number of rotatable bonds is 39. The minimum absolute atomic E-state index is 0.0128. The molecule has 1 saturated heterocycles. The number of hydrogen-bond acceptors (Lipinski definition) is 14. The molecular formula is C55H93N5O15. The third kappa shape index (κ3) is 22.1. The maximum atomic E-state index is 14.6. The van der Waals surface area contributed by atoms with Gasteiger partial charge in [-0.25, -0.2) is 4.79 Å². The molecule has 75 heavy (non-hydrogen) atoms. The number of nitrogens with one attached hydrogen (secondary N) is 2. The SMILES string of the molecule is CC[C@H](C)[C@@H]([C@@H](CC(=O)N1CCC[C@H]1[C@H](OC)[C@@H](C)C(=O)N[C@@H](Cc1ccccc1)C(=O)O)OC)N(C)C(=O)[C@@H](NC(=O)C(C)(C)N(C)C(=O)CCOCCOCCOCCOCCOCCC(=O)C(C)C)C(C)C. The van der Waals surface area contributed by atoms with E-state index in [0.717, 1.165) is 5.56 Å². The van der Waals surface area contributed by atoms with E-state index < -0.39 is 65.6 Å². The Balaban J connectivity index is 1.94. The zero-order chi connectivity index (χ0) is 56.3. The van der Waals surface area contributed by atoms with Crippen LogP contribution in [0, 0.1) is 23.7 Å². The fourth-order valence-electron chi connectivity index (χ4n) is 8.94. The number of carboxylic acids is 1. The highest BCUT2D eigenvalue weighted by Crippen LogP contribution is 2.30. The van der Waals surface area contributed by atoms with Crippen LogP contribution in [0.5, 0.6) is 0 Å². The van der Waals surface area contributed by atoms with Crippen molar-refractivity contribution in [3.63, 3.8) is 0 Å². The number of Topliss-reactive ketones (excluding diaryl/α,β-unsaturated/α-hetero) is 1. The smallest absolute Gasteiger partial charge is 0.326 e. The maximum absolute atomic E-state index is 14.6. The summed E-state index contributed by atoms with van der Waals surface area (Å²) in [5, 5.41) is 15.6. The molecule has 1 aliphatic heterocycles. The van der Waals surface area contributed by atoms with E-state index in [9.17, 15) is 38.7 Å². The molecule has 0 unspecified atom stereocenters. The number of hydrogen-bond donors (Lipinski definition) is 3. The second-order valence-corrected chi connectivity index (χ2v) is 20.6. The summed E-state index contributed by atoms with van der Waals surface area (Å²) in [4.78, 5) is 98.3. The lowest BCUT2D eigenvalue weighted by molar-refractivity contribution is -0.150. The molecule has 0 aliphatic carbocycles. The highest BCUT2D eigenvalue weighted by Gasteiger charge is 2.44. The molecule has 1 heterocycles. The average molecular weight is 1060 g/mol. The first-order valence-electron chi connectivity index (χ1n) is 26.7. The topological polar surface area (TPSA) is 238 Å². The van der Waals surface area contributed by atoms with Crippen LogP contribution in [0.1, 0.15) is 106 Å². The van der Waals surface area contributed by atoms with E-state index in [2.05, 4.69) is 10.6 Å². The Morgan fingerprint density at radius 1 is 0.760 bits per heavy atom. The number of carboxylic acid groups (broad SMARTS) is 1. The number of carbonyl (C=O) groups is 7. The molecule has 0 bridgehead atoms. The molecule has 1 fully saturated rings. The largest absolute Gasteiger partial charge is 0.480 e. The summed E-state index contributed by atoms with van der Waals surface area (Å²) in [6.07, 6.45) is 0.824. The molecule has 8 atom stereocenters. The van der Waals surface area contributed by atoms with E-state index in [1.807, 2.05) is 47.6 Å². The molecule has 0 spiro atoms. The van der Waals surface area contributed by atoms with Crippen molar-refractivity contribution in [1.82, 2.24) is 25.3 Å². The fraction of sp³-hybridized carbons (Fsp3) is 0.764. The van der Waals surface area contributed by atoms with Crippen molar-refractivity contribution < 1.29 is 71.8 Å². The standard InChI is InChI=1S/C55H93N5O15/c1-14-39(6)49(45(69-12)36-47(63)60-24-18-21-43(60)50(70-13)40(7)51(64)56-42(53(66)67)35-41-19-16-15-17-20-41)58(10)52(65)48(38(4)5)57-54(68)55(8,9)59(11)46(62)23-26-72-28-30-74-32-34-75-33-31-73-29-27-71-25-22-44(61)37(2)3/h15-17,19-20,37-40,42-43,45,48-50H,14,18,21-36H2,1-13H3,(H,56,64)(H,57,68)(H,66,67)/t39-,40+,42-,43-,45+,48-,49-,50+/m0/s1. The molecule has 5 amide bonds. The van der Waals surface area contributed by atoms with Gasteiger partial charge < -0.3 is 63.6 Å². The number of methoxy groups -OCH3 is 2. The highest BCUT2D eigenvalue weighted by atomic mass is 16.6. The van der Waals surface area contributed by atoms with Gasteiger partial charge in [0.05, 0.1) is 109 Å². The van der Waals surface area contributed by atoms with Crippen molar-refractivity contribution in [3.05, 3.63) is 35.9 Å². The number of amides is 5. The van der Waals surface area contributed by atoms with Crippen molar-refractivity contribution in [1.29, 1.82) is 0 Å². The van der Waals surface area contributed by atoms with Gasteiger partial charge in [0, 0.05) is 53.6 Å². The lowest BCUT2D eigenvalue weighted by Crippen LogP contribution is -2.62. The molecule has 3 N–H and O–H groups in total. The van der Waals surface area contributed by atoms with Gasteiger partial charge in [0.2, 0.25) is 29.5 Å². The summed E-state index contributed by atoms with van der Waals surface area (Å²) in [6, 6.07) is 5.82. The lowest BCUT2D eigenvalue weighted by Gasteiger charge is -2.41. The number of benzene rings is 1. The molecule has 1 aromatic rings. The van der Waals surface area contributed by atoms with Gasteiger partial charge in [0.1, 0.15) is 23.4 Å². The number of nitrogens with zero attached hydrogens (tertiary/aromatic N) is 3.